The molecule has 0 amide bonds. The monoisotopic (exact) mass is 303 g/mol. The molecule has 1 fully saturated rings. The van der Waals surface area contributed by atoms with Crippen LogP contribution in [0.2, 0.25) is 0 Å². The number of ether oxygens (including phenoxy) is 1. The molecule has 2 rings (SSSR count). The minimum Gasteiger partial charge on any atom is -0.377 e. The van der Waals surface area contributed by atoms with Crippen molar-refractivity contribution in [3.05, 3.63) is 35.9 Å². The van der Waals surface area contributed by atoms with Gasteiger partial charge in [0.25, 0.3) is 5.92 Å². The normalized spacial score (nSPS) is 18.4. The van der Waals surface area contributed by atoms with Crippen LogP contribution in [-0.4, -0.2) is 43.1 Å². The van der Waals surface area contributed by atoms with Crippen molar-refractivity contribution in [3.8, 4) is 0 Å². The van der Waals surface area contributed by atoms with Crippen molar-refractivity contribution in [1.29, 1.82) is 0 Å². The summed E-state index contributed by atoms with van der Waals surface area (Å²) >= 11 is 5.57. The molecule has 0 atom stereocenters. The van der Waals surface area contributed by atoms with Crippen LogP contribution in [0.1, 0.15) is 18.4 Å². The quantitative estimate of drug-likeness (QED) is 0.746. The number of nitrogens with zero attached hydrogens (tertiary/aromatic N) is 1. The summed E-state index contributed by atoms with van der Waals surface area (Å²) in [7, 11) is 0. The Morgan fingerprint density at radius 3 is 2.45 bits per heavy atom. The van der Waals surface area contributed by atoms with Gasteiger partial charge in [0.15, 0.2) is 0 Å². The van der Waals surface area contributed by atoms with Crippen molar-refractivity contribution >= 4 is 11.6 Å². The van der Waals surface area contributed by atoms with Gasteiger partial charge in [-0.25, -0.2) is 0 Å². The van der Waals surface area contributed by atoms with Crippen LogP contribution in [-0.2, 0) is 10.7 Å². The highest BCUT2D eigenvalue weighted by atomic mass is 35.5. The topological polar surface area (TPSA) is 12.5 Å². The number of likely N-dealkylation sites (tertiary alicyclic amines) is 1. The molecule has 0 radical (unpaired) electrons. The molecule has 2 nitrogen and oxygen atoms in total. The first kappa shape index (κ1) is 15.7. The molecule has 1 heterocycles. The van der Waals surface area contributed by atoms with E-state index in [9.17, 15) is 8.78 Å². The zero-order valence-electron chi connectivity index (χ0n) is 11.4. The molecule has 0 unspecified atom stereocenters. The third-order valence-corrected chi connectivity index (χ3v) is 3.74. The van der Waals surface area contributed by atoms with Gasteiger partial charge in [0.1, 0.15) is 0 Å². The molecule has 0 saturated carbocycles. The van der Waals surface area contributed by atoms with E-state index in [1.54, 1.807) is 18.2 Å². The Labute approximate surface area is 123 Å². The Bertz CT molecular complexity index is 394. The lowest BCUT2D eigenvalue weighted by Gasteiger charge is -2.34. The van der Waals surface area contributed by atoms with Gasteiger partial charge >= 0.3 is 0 Å². The predicted octanol–water partition coefficient (Wildman–Crippen LogP) is 3.50. The summed E-state index contributed by atoms with van der Waals surface area (Å²) in [4.78, 5) is 1.81. The Morgan fingerprint density at radius 2 is 1.85 bits per heavy atom. The highest BCUT2D eigenvalue weighted by Gasteiger charge is 2.35. The average Bonchev–Trinajstić information content (AvgIpc) is 2.47. The second-order valence-electron chi connectivity index (χ2n) is 5.11. The van der Waals surface area contributed by atoms with E-state index in [0.29, 0.717) is 25.6 Å². The largest absolute Gasteiger partial charge is 0.377 e. The van der Waals surface area contributed by atoms with Crippen LogP contribution in [0, 0.1) is 0 Å². The lowest BCUT2D eigenvalue weighted by Crippen LogP contribution is -2.42. The molecule has 1 aliphatic heterocycles. The van der Waals surface area contributed by atoms with Crippen LogP contribution in [0.5, 0.6) is 0 Å². The van der Waals surface area contributed by atoms with Gasteiger partial charge in [-0.05, 0) is 12.8 Å². The van der Waals surface area contributed by atoms with Crippen molar-refractivity contribution < 1.29 is 13.5 Å². The second-order valence-corrected chi connectivity index (χ2v) is 5.48. The fourth-order valence-corrected chi connectivity index (χ4v) is 2.59. The van der Waals surface area contributed by atoms with Crippen LogP contribution in [0.25, 0.3) is 0 Å². The number of piperidine rings is 1. The van der Waals surface area contributed by atoms with Crippen molar-refractivity contribution in [3.63, 3.8) is 0 Å². The summed E-state index contributed by atoms with van der Waals surface area (Å²) in [6.07, 6.45) is 1.75. The lowest BCUT2D eigenvalue weighted by molar-refractivity contribution is -0.0571. The Balaban J connectivity index is 1.83. The number of benzene rings is 1. The second kappa shape index (κ2) is 7.34. The number of alkyl halides is 3. The summed E-state index contributed by atoms with van der Waals surface area (Å²) < 4.78 is 33.8. The van der Waals surface area contributed by atoms with Gasteiger partial charge in [0.05, 0.1) is 19.3 Å². The molecule has 0 N–H and O–H groups in total. The first-order chi connectivity index (χ1) is 9.62. The molecule has 1 aliphatic rings. The zero-order chi connectivity index (χ0) is 14.4. The van der Waals surface area contributed by atoms with Crippen molar-refractivity contribution in [1.82, 2.24) is 4.90 Å². The van der Waals surface area contributed by atoms with E-state index >= 15 is 0 Å². The molecule has 0 aliphatic carbocycles. The molecule has 0 aromatic heterocycles. The Hall–Kier alpha value is -0.710. The van der Waals surface area contributed by atoms with Gasteiger partial charge in [-0.2, -0.15) is 8.78 Å². The van der Waals surface area contributed by atoms with Gasteiger partial charge in [0.2, 0.25) is 0 Å². The Morgan fingerprint density at radius 1 is 1.20 bits per heavy atom. The van der Waals surface area contributed by atoms with Gasteiger partial charge in [-0.1, -0.05) is 30.3 Å². The average molecular weight is 304 g/mol. The first-order valence-electron chi connectivity index (χ1n) is 6.95. The standard InChI is InChI=1S/C15H20ClF2NO/c16-8-11-20-14-6-9-19(10-7-14)12-15(17,18)13-4-2-1-3-5-13/h1-5,14H,6-12H2. The van der Waals surface area contributed by atoms with E-state index in [1.165, 1.54) is 12.1 Å². The fraction of sp³-hybridized carbons (Fsp3) is 0.600. The van der Waals surface area contributed by atoms with Gasteiger partial charge in [-0.15, -0.1) is 11.6 Å². The summed E-state index contributed by atoms with van der Waals surface area (Å²) in [6, 6.07) is 8.01. The summed E-state index contributed by atoms with van der Waals surface area (Å²) in [6.45, 7) is 1.61. The molecule has 0 spiro atoms. The number of hydrogen-bond acceptors (Lipinski definition) is 2. The maximum Gasteiger partial charge on any atom is 0.285 e. The highest BCUT2D eigenvalue weighted by molar-refractivity contribution is 6.17. The molecule has 5 heteroatoms. The van der Waals surface area contributed by atoms with Crippen LogP contribution < -0.4 is 0 Å². The van der Waals surface area contributed by atoms with E-state index in [-0.39, 0.29) is 18.2 Å². The minimum absolute atomic E-state index is 0.0838. The molecule has 112 valence electrons. The van der Waals surface area contributed by atoms with Gasteiger partial charge < -0.3 is 4.74 Å². The van der Waals surface area contributed by atoms with Crippen LogP contribution in [0.4, 0.5) is 8.78 Å². The summed E-state index contributed by atoms with van der Waals surface area (Å²) in [5.74, 6) is -2.32. The molecule has 20 heavy (non-hydrogen) atoms. The molecule has 1 aromatic rings. The zero-order valence-corrected chi connectivity index (χ0v) is 12.2. The summed E-state index contributed by atoms with van der Waals surface area (Å²) in [5, 5.41) is 0. The summed E-state index contributed by atoms with van der Waals surface area (Å²) in [5.41, 5.74) is 0.0838. The van der Waals surface area contributed by atoms with E-state index in [4.69, 9.17) is 16.3 Å². The maximum atomic E-state index is 14.1. The first-order valence-corrected chi connectivity index (χ1v) is 7.48. The van der Waals surface area contributed by atoms with E-state index < -0.39 is 5.92 Å². The van der Waals surface area contributed by atoms with Crippen molar-refractivity contribution in [2.45, 2.75) is 24.9 Å². The SMILES string of the molecule is FC(F)(CN1CCC(OCCCl)CC1)c1ccccc1. The van der Waals surface area contributed by atoms with E-state index in [1.807, 2.05) is 4.90 Å². The molecular weight excluding hydrogens is 284 g/mol. The lowest BCUT2D eigenvalue weighted by atomic mass is 10.0. The predicted molar refractivity (Wildman–Crippen MR) is 76.5 cm³/mol. The molecular formula is C15H20ClF2NO. The van der Waals surface area contributed by atoms with Crippen molar-refractivity contribution in [2.24, 2.45) is 0 Å². The van der Waals surface area contributed by atoms with Gasteiger partial charge in [0, 0.05) is 24.5 Å². The smallest absolute Gasteiger partial charge is 0.285 e. The highest BCUT2D eigenvalue weighted by Crippen LogP contribution is 2.30. The molecule has 1 aromatic carbocycles. The number of hydrogen-bond donors (Lipinski definition) is 0. The van der Waals surface area contributed by atoms with E-state index in [0.717, 1.165) is 12.8 Å². The molecule has 0 bridgehead atoms. The Kier molecular flexibility index (Phi) is 5.75. The number of halogens is 3. The third-order valence-electron chi connectivity index (χ3n) is 3.58. The van der Waals surface area contributed by atoms with Crippen LogP contribution in [0.3, 0.4) is 0 Å². The minimum atomic E-state index is -2.80. The van der Waals surface area contributed by atoms with Crippen LogP contribution >= 0.6 is 11.6 Å². The molecule has 1 saturated heterocycles. The maximum absolute atomic E-state index is 14.1. The fourth-order valence-electron chi connectivity index (χ4n) is 2.50. The third kappa shape index (κ3) is 4.40. The van der Waals surface area contributed by atoms with Crippen molar-refractivity contribution in [2.75, 3.05) is 32.1 Å². The van der Waals surface area contributed by atoms with Crippen LogP contribution in [0.15, 0.2) is 30.3 Å². The van der Waals surface area contributed by atoms with E-state index in [2.05, 4.69) is 0 Å². The van der Waals surface area contributed by atoms with Gasteiger partial charge in [-0.3, -0.25) is 4.90 Å². The number of rotatable bonds is 6.